The second kappa shape index (κ2) is 5.58. The molecule has 0 aliphatic rings. The summed E-state index contributed by atoms with van der Waals surface area (Å²) in [5.41, 5.74) is 0.752. The van der Waals surface area contributed by atoms with Gasteiger partial charge in [-0.1, -0.05) is 0 Å². The minimum Gasteiger partial charge on any atom is -0.295 e. The highest BCUT2D eigenvalue weighted by atomic mass is 35.5. The zero-order chi connectivity index (χ0) is 14.9. The fourth-order valence-corrected chi connectivity index (χ4v) is 2.21. The van der Waals surface area contributed by atoms with Gasteiger partial charge in [-0.05, 0) is 43.6 Å². The largest absolute Gasteiger partial charge is 0.334 e. The Bertz CT molecular complexity index is 773. The first-order valence-corrected chi connectivity index (χ1v) is 6.46. The molecule has 1 aromatic carbocycles. The van der Waals surface area contributed by atoms with Crippen molar-refractivity contribution < 1.29 is 4.39 Å². The van der Waals surface area contributed by atoms with Crippen LogP contribution in [-0.4, -0.2) is 26.8 Å². The van der Waals surface area contributed by atoms with Crippen molar-refractivity contribution in [2.75, 3.05) is 6.54 Å². The average Bonchev–Trinajstić information content (AvgIpc) is 2.62. The zero-order valence-electron chi connectivity index (χ0n) is 11.4. The number of hydrogen-bond acceptors (Lipinski definition) is 2. The highest BCUT2D eigenvalue weighted by Gasteiger charge is 2.13. The lowest BCUT2D eigenvalue weighted by atomic mass is 10.3. The Labute approximate surface area is 120 Å². The number of aromatic nitrogens is 2. The van der Waals surface area contributed by atoms with Gasteiger partial charge in [0.05, 0.1) is 11.0 Å². The van der Waals surface area contributed by atoms with Crippen molar-refractivity contribution in [3.63, 3.8) is 0 Å². The van der Waals surface area contributed by atoms with Crippen molar-refractivity contribution in [3.05, 3.63) is 34.5 Å². The van der Waals surface area contributed by atoms with Crippen LogP contribution >= 0.6 is 11.6 Å². The summed E-state index contributed by atoms with van der Waals surface area (Å²) in [5, 5.41) is 0.0796. The normalized spacial score (nSPS) is 13.2. The van der Waals surface area contributed by atoms with Crippen molar-refractivity contribution in [2.24, 2.45) is 17.0 Å². The second-order valence-electron chi connectivity index (χ2n) is 4.21. The third kappa shape index (κ3) is 2.51. The van der Waals surface area contributed by atoms with E-state index < -0.39 is 5.82 Å². The minimum absolute atomic E-state index is 0.0796. The maximum atomic E-state index is 13.3. The van der Waals surface area contributed by atoms with E-state index in [1.807, 2.05) is 6.92 Å². The van der Waals surface area contributed by atoms with Crippen LogP contribution < -0.4 is 5.69 Å². The van der Waals surface area contributed by atoms with Gasteiger partial charge in [0.25, 0.3) is 0 Å². The number of rotatable bonds is 1. The molecule has 0 fully saturated rings. The number of imidazole rings is 1. The summed E-state index contributed by atoms with van der Waals surface area (Å²) in [5.74, 6) is -0.0140. The van der Waals surface area contributed by atoms with Gasteiger partial charge < -0.3 is 0 Å². The molecule has 0 atom stereocenters. The molecule has 0 bridgehead atoms. The van der Waals surface area contributed by atoms with Crippen LogP contribution in [0.25, 0.3) is 11.0 Å². The van der Waals surface area contributed by atoms with Gasteiger partial charge in [-0.2, -0.15) is 0 Å². The molecule has 20 heavy (non-hydrogen) atoms. The number of aliphatic imine (C=N–C) groups is 2. The van der Waals surface area contributed by atoms with Crippen molar-refractivity contribution in [1.29, 1.82) is 0 Å². The molecule has 0 aliphatic heterocycles. The molecule has 0 unspecified atom stereocenters. The molecule has 0 aliphatic carbocycles. The first-order valence-electron chi connectivity index (χ1n) is 6.08. The first kappa shape index (κ1) is 14.5. The molecule has 0 spiro atoms. The lowest BCUT2D eigenvalue weighted by Gasteiger charge is -2.01. The molecule has 0 N–H and O–H groups in total. The van der Waals surface area contributed by atoms with E-state index in [0.717, 1.165) is 0 Å². The molecule has 2 aromatic rings. The monoisotopic (exact) mass is 296 g/mol. The third-order valence-electron chi connectivity index (χ3n) is 2.88. The maximum absolute atomic E-state index is 13.3. The lowest BCUT2D eigenvalue weighted by molar-refractivity contribution is 0.628. The Kier molecular flexibility index (Phi) is 4.04. The van der Waals surface area contributed by atoms with E-state index in [-0.39, 0.29) is 11.0 Å². The molecule has 0 radical (unpaired) electrons. The van der Waals surface area contributed by atoms with E-state index in [9.17, 15) is 9.18 Å². The quantitative estimate of drug-likeness (QED) is 0.453. The summed E-state index contributed by atoms with van der Waals surface area (Å²) in [7, 11) is 1.58. The number of benzene rings is 1. The predicted molar refractivity (Wildman–Crippen MR) is 79.5 cm³/mol. The third-order valence-corrected chi connectivity index (χ3v) is 3.09. The van der Waals surface area contributed by atoms with Crippen molar-refractivity contribution >= 4 is 33.8 Å². The number of nitrogens with zero attached hydrogens (tertiary/aromatic N) is 4. The number of halogens is 2. The number of aryl methyl sites for hydroxylation is 1. The summed E-state index contributed by atoms with van der Waals surface area (Å²) in [6, 6.07) is 4.14. The smallest absolute Gasteiger partial charge is 0.295 e. The minimum atomic E-state index is -0.398. The molecule has 106 valence electrons. The molecule has 1 aromatic heterocycles. The van der Waals surface area contributed by atoms with Gasteiger partial charge >= 0.3 is 5.69 Å². The highest BCUT2D eigenvalue weighted by molar-refractivity contribution is 6.65. The topological polar surface area (TPSA) is 51.6 Å². The van der Waals surface area contributed by atoms with E-state index in [4.69, 9.17) is 11.6 Å². The fraction of sp³-hybridized carbons (Fsp3) is 0.308. The van der Waals surface area contributed by atoms with Gasteiger partial charge in [0.1, 0.15) is 11.7 Å². The molecule has 1 heterocycles. The summed E-state index contributed by atoms with van der Waals surface area (Å²) in [6.07, 6.45) is 0. The Morgan fingerprint density at radius 1 is 1.40 bits per heavy atom. The van der Waals surface area contributed by atoms with Gasteiger partial charge in [-0.15, -0.1) is 0 Å². The molecular formula is C13H14ClFN4O. The second-order valence-corrected chi connectivity index (χ2v) is 4.55. The van der Waals surface area contributed by atoms with Crippen LogP contribution in [0.3, 0.4) is 0 Å². The number of hydrogen-bond donors (Lipinski definition) is 0. The van der Waals surface area contributed by atoms with E-state index in [1.54, 1.807) is 14.0 Å². The molecule has 7 heteroatoms. The van der Waals surface area contributed by atoms with E-state index in [0.29, 0.717) is 23.4 Å². The summed E-state index contributed by atoms with van der Waals surface area (Å²) >= 11 is 5.84. The van der Waals surface area contributed by atoms with Crippen molar-refractivity contribution in [1.82, 2.24) is 9.13 Å². The fourth-order valence-electron chi connectivity index (χ4n) is 1.97. The van der Waals surface area contributed by atoms with Crippen LogP contribution in [0.5, 0.6) is 0 Å². The van der Waals surface area contributed by atoms with Crippen LogP contribution in [0.2, 0.25) is 0 Å². The Morgan fingerprint density at radius 3 is 2.75 bits per heavy atom. The van der Waals surface area contributed by atoms with Gasteiger partial charge in [0, 0.05) is 13.6 Å². The van der Waals surface area contributed by atoms with Gasteiger partial charge in [-0.3, -0.25) is 9.56 Å². The predicted octanol–water partition coefficient (Wildman–Crippen LogP) is 2.36. The molecule has 0 saturated carbocycles. The van der Waals surface area contributed by atoms with Gasteiger partial charge in [-0.25, -0.2) is 18.7 Å². The van der Waals surface area contributed by atoms with E-state index in [2.05, 4.69) is 9.98 Å². The van der Waals surface area contributed by atoms with Crippen molar-refractivity contribution in [3.8, 4) is 0 Å². The van der Waals surface area contributed by atoms with Gasteiger partial charge in [0.15, 0.2) is 0 Å². The summed E-state index contributed by atoms with van der Waals surface area (Å²) in [6.45, 7) is 3.99. The average molecular weight is 297 g/mol. The number of fused-ring (bicyclic) bond motifs is 1. The van der Waals surface area contributed by atoms with Crippen molar-refractivity contribution in [2.45, 2.75) is 13.8 Å². The van der Waals surface area contributed by atoms with Crippen LogP contribution in [0.4, 0.5) is 4.39 Å². The molecule has 2 rings (SSSR count). The number of amidine groups is 1. The van der Waals surface area contributed by atoms with Crippen LogP contribution in [0, 0.1) is 5.82 Å². The summed E-state index contributed by atoms with van der Waals surface area (Å²) in [4.78, 5) is 20.2. The molecule has 0 amide bonds. The Morgan fingerprint density at radius 2 is 2.10 bits per heavy atom. The zero-order valence-corrected chi connectivity index (χ0v) is 12.1. The first-order chi connectivity index (χ1) is 9.45. The van der Waals surface area contributed by atoms with E-state index >= 15 is 0 Å². The molecule has 0 saturated heterocycles. The van der Waals surface area contributed by atoms with Crippen LogP contribution in [0.1, 0.15) is 13.8 Å². The Hall–Kier alpha value is -1.95. The van der Waals surface area contributed by atoms with Gasteiger partial charge in [0.2, 0.25) is 5.29 Å². The van der Waals surface area contributed by atoms with Crippen LogP contribution in [0.15, 0.2) is 33.0 Å². The standard InChI is InChI=1S/C13H14ClFN4O/c1-4-16-12(14)17-8(2)19-10-6-5-9(15)7-11(10)18(3)13(19)20/h5-7H,4H2,1-3H3/b16-12-,17-8+. The highest BCUT2D eigenvalue weighted by Crippen LogP contribution is 2.14. The lowest BCUT2D eigenvalue weighted by Crippen LogP contribution is -2.27. The SMILES string of the molecule is CC/N=C(Cl)\N=C(/C)n1c(=O)n(C)c2cc(F)ccc21. The summed E-state index contributed by atoms with van der Waals surface area (Å²) < 4.78 is 16.0. The molecular weight excluding hydrogens is 283 g/mol. The molecule has 5 nitrogen and oxygen atoms in total. The van der Waals surface area contributed by atoms with Crippen LogP contribution in [-0.2, 0) is 7.05 Å². The maximum Gasteiger partial charge on any atom is 0.334 e. The van der Waals surface area contributed by atoms with E-state index in [1.165, 1.54) is 27.3 Å². The Balaban J connectivity index is 2.69.